The Hall–Kier alpha value is -2.81. The van der Waals surface area contributed by atoms with E-state index in [2.05, 4.69) is 25.5 Å². The summed E-state index contributed by atoms with van der Waals surface area (Å²) < 4.78 is 8.53. The Balaban J connectivity index is 1.50. The molecule has 1 N–H and O–H groups in total. The summed E-state index contributed by atoms with van der Waals surface area (Å²) in [4.78, 5) is 21.5. The molecule has 0 fully saturated rings. The molecule has 1 aliphatic heterocycles. The first-order valence-corrected chi connectivity index (χ1v) is 8.17. The Morgan fingerprint density at radius 3 is 3.16 bits per heavy atom. The highest BCUT2D eigenvalue weighted by molar-refractivity contribution is 5.99. The molecule has 130 valence electrons. The van der Waals surface area contributed by atoms with Gasteiger partial charge in [0.15, 0.2) is 11.5 Å². The normalized spacial score (nSPS) is 16.8. The van der Waals surface area contributed by atoms with Gasteiger partial charge in [0.05, 0.1) is 12.7 Å². The van der Waals surface area contributed by atoms with Crippen molar-refractivity contribution in [3.63, 3.8) is 0 Å². The summed E-state index contributed by atoms with van der Waals surface area (Å²) in [6.07, 6.45) is 4.95. The van der Waals surface area contributed by atoms with Gasteiger partial charge in [-0.25, -0.2) is 19.2 Å². The van der Waals surface area contributed by atoms with Crippen molar-refractivity contribution in [1.29, 1.82) is 0 Å². The lowest BCUT2D eigenvalue weighted by atomic mass is 10.1. The Bertz CT molecular complexity index is 930. The zero-order chi connectivity index (χ0) is 17.4. The molecule has 1 unspecified atom stereocenters. The molecule has 0 saturated heterocycles. The van der Waals surface area contributed by atoms with Crippen molar-refractivity contribution in [3.05, 3.63) is 41.4 Å². The number of carbonyl (C=O) groups excluding carboxylic acids is 1. The predicted molar refractivity (Wildman–Crippen MR) is 88.0 cm³/mol. The summed E-state index contributed by atoms with van der Waals surface area (Å²) in [5.41, 5.74) is 1.89. The van der Waals surface area contributed by atoms with E-state index in [9.17, 15) is 4.79 Å². The monoisotopic (exact) mass is 341 g/mol. The Morgan fingerprint density at radius 1 is 1.44 bits per heavy atom. The second kappa shape index (κ2) is 6.25. The third kappa shape index (κ3) is 2.98. The third-order valence-electron chi connectivity index (χ3n) is 4.26. The van der Waals surface area contributed by atoms with Crippen LogP contribution in [0, 0.1) is 6.92 Å². The van der Waals surface area contributed by atoms with Crippen LogP contribution < -0.4 is 5.32 Å². The number of nitrogens with one attached hydrogen (secondary N) is 1. The number of nitrogens with zero attached hydrogens (tertiary/aromatic N) is 6. The molecule has 0 saturated carbocycles. The van der Waals surface area contributed by atoms with Crippen molar-refractivity contribution in [1.82, 2.24) is 34.7 Å². The number of amides is 1. The average Bonchev–Trinajstić information content (AvgIpc) is 3.17. The number of methoxy groups -OCH3 is 1. The first kappa shape index (κ1) is 15.7. The topological polar surface area (TPSA) is 99.2 Å². The molecule has 1 aliphatic rings. The fourth-order valence-electron chi connectivity index (χ4n) is 3.05. The molecule has 4 rings (SSSR count). The molecule has 0 bridgehead atoms. The molecule has 0 radical (unpaired) electrons. The molecular formula is C16H19N7O2. The molecule has 9 heteroatoms. The number of ether oxygens (including phenoxy) is 1. The molecule has 3 aromatic rings. The summed E-state index contributed by atoms with van der Waals surface area (Å²) in [6.45, 7) is 2.88. The minimum absolute atomic E-state index is 0.00291. The summed E-state index contributed by atoms with van der Waals surface area (Å²) in [5.74, 6) is 1.44. The van der Waals surface area contributed by atoms with Crippen molar-refractivity contribution >= 4 is 11.6 Å². The van der Waals surface area contributed by atoms with Crippen molar-refractivity contribution in [3.8, 4) is 0 Å². The van der Waals surface area contributed by atoms with Crippen LogP contribution in [0.2, 0.25) is 0 Å². The minimum Gasteiger partial charge on any atom is -0.377 e. The van der Waals surface area contributed by atoms with Gasteiger partial charge < -0.3 is 10.1 Å². The third-order valence-corrected chi connectivity index (χ3v) is 4.26. The zero-order valence-electron chi connectivity index (χ0n) is 14.1. The number of hydrogen-bond donors (Lipinski definition) is 1. The molecule has 0 spiro atoms. The number of rotatable bonds is 4. The second-order valence-corrected chi connectivity index (χ2v) is 6.16. The van der Waals surface area contributed by atoms with Gasteiger partial charge in [-0.15, -0.1) is 0 Å². The standard InChI is InChI=1S/C16H19N7O2/c1-10-5-6-22-15(18-10)12(7-17-22)16(24)19-11-3-4-14-20-13(9-25-2)21-23(14)8-11/h5-7,11H,3-4,8-9H2,1-2H3,(H,19,24). The minimum atomic E-state index is -0.168. The van der Waals surface area contributed by atoms with Crippen molar-refractivity contribution < 1.29 is 9.53 Å². The molecule has 1 atom stereocenters. The van der Waals surface area contributed by atoms with E-state index in [0.717, 1.165) is 24.4 Å². The number of aryl methyl sites for hydroxylation is 2. The van der Waals surface area contributed by atoms with E-state index in [1.54, 1.807) is 24.0 Å². The van der Waals surface area contributed by atoms with Gasteiger partial charge in [0.25, 0.3) is 5.91 Å². The molecule has 25 heavy (non-hydrogen) atoms. The lowest BCUT2D eigenvalue weighted by Gasteiger charge is -2.23. The van der Waals surface area contributed by atoms with E-state index in [1.165, 1.54) is 0 Å². The Labute approximate surface area is 144 Å². The lowest BCUT2D eigenvalue weighted by Crippen LogP contribution is -2.41. The summed E-state index contributed by atoms with van der Waals surface area (Å²) in [6, 6.07) is 1.85. The molecule has 3 aromatic heterocycles. The number of hydrogen-bond acceptors (Lipinski definition) is 6. The number of aromatic nitrogens is 6. The van der Waals surface area contributed by atoms with Crippen LogP contribution in [0.3, 0.4) is 0 Å². The van der Waals surface area contributed by atoms with Crippen LogP contribution >= 0.6 is 0 Å². The average molecular weight is 341 g/mol. The van der Waals surface area contributed by atoms with Gasteiger partial charge in [-0.1, -0.05) is 0 Å². The van der Waals surface area contributed by atoms with Gasteiger partial charge in [0.2, 0.25) is 0 Å². The summed E-state index contributed by atoms with van der Waals surface area (Å²) in [7, 11) is 1.62. The Morgan fingerprint density at radius 2 is 2.32 bits per heavy atom. The van der Waals surface area contributed by atoms with Gasteiger partial charge in [-0.2, -0.15) is 10.2 Å². The van der Waals surface area contributed by atoms with Crippen LogP contribution in [0.5, 0.6) is 0 Å². The smallest absolute Gasteiger partial charge is 0.257 e. The van der Waals surface area contributed by atoms with Crippen molar-refractivity contribution in [2.75, 3.05) is 7.11 Å². The maximum absolute atomic E-state index is 12.6. The van der Waals surface area contributed by atoms with Gasteiger partial charge in [-0.05, 0) is 19.4 Å². The number of fused-ring (bicyclic) bond motifs is 2. The summed E-state index contributed by atoms with van der Waals surface area (Å²) >= 11 is 0. The zero-order valence-corrected chi connectivity index (χ0v) is 14.1. The first-order valence-electron chi connectivity index (χ1n) is 8.17. The van der Waals surface area contributed by atoms with Gasteiger partial charge in [0.1, 0.15) is 18.0 Å². The summed E-state index contributed by atoms with van der Waals surface area (Å²) in [5, 5.41) is 11.7. The molecular weight excluding hydrogens is 322 g/mol. The predicted octanol–water partition coefficient (Wildman–Crippen LogP) is 0.520. The Kier molecular flexibility index (Phi) is 3.92. The van der Waals surface area contributed by atoms with Gasteiger partial charge >= 0.3 is 0 Å². The van der Waals surface area contributed by atoms with E-state index in [1.807, 2.05) is 17.7 Å². The lowest BCUT2D eigenvalue weighted by molar-refractivity contribution is 0.0927. The van der Waals surface area contributed by atoms with Crippen LogP contribution in [0.4, 0.5) is 0 Å². The van der Waals surface area contributed by atoms with E-state index in [-0.39, 0.29) is 11.9 Å². The molecule has 0 aromatic carbocycles. The van der Waals surface area contributed by atoms with Crippen molar-refractivity contribution in [2.45, 2.75) is 39.0 Å². The van der Waals surface area contributed by atoms with Crippen LogP contribution in [0.25, 0.3) is 5.65 Å². The fraction of sp³-hybridized carbons (Fsp3) is 0.438. The highest BCUT2D eigenvalue weighted by Gasteiger charge is 2.24. The van der Waals surface area contributed by atoms with Gasteiger partial charge in [-0.3, -0.25) is 4.79 Å². The second-order valence-electron chi connectivity index (χ2n) is 6.16. The molecule has 1 amide bonds. The van der Waals surface area contributed by atoms with E-state index in [4.69, 9.17) is 4.74 Å². The largest absolute Gasteiger partial charge is 0.377 e. The maximum atomic E-state index is 12.6. The van der Waals surface area contributed by atoms with Crippen LogP contribution in [0.15, 0.2) is 18.5 Å². The van der Waals surface area contributed by atoms with Gasteiger partial charge in [0, 0.05) is 31.5 Å². The highest BCUT2D eigenvalue weighted by Crippen LogP contribution is 2.15. The maximum Gasteiger partial charge on any atom is 0.257 e. The molecule has 0 aliphatic carbocycles. The highest BCUT2D eigenvalue weighted by atomic mass is 16.5. The van der Waals surface area contributed by atoms with E-state index in [0.29, 0.717) is 30.2 Å². The number of carbonyl (C=O) groups is 1. The first-order chi connectivity index (χ1) is 12.1. The van der Waals surface area contributed by atoms with Crippen LogP contribution in [-0.4, -0.2) is 48.4 Å². The fourth-order valence-corrected chi connectivity index (χ4v) is 3.05. The van der Waals surface area contributed by atoms with E-state index >= 15 is 0 Å². The van der Waals surface area contributed by atoms with Crippen molar-refractivity contribution in [2.24, 2.45) is 0 Å². The SMILES string of the molecule is COCc1nc2n(n1)CC(NC(=O)c1cnn3ccc(C)nc13)CC2. The quantitative estimate of drug-likeness (QED) is 0.743. The molecule has 9 nitrogen and oxygen atoms in total. The molecule has 4 heterocycles. The van der Waals surface area contributed by atoms with E-state index < -0.39 is 0 Å². The van der Waals surface area contributed by atoms with Crippen LogP contribution in [0.1, 0.15) is 34.1 Å². The van der Waals surface area contributed by atoms with Crippen LogP contribution in [-0.2, 0) is 24.3 Å².